The van der Waals surface area contributed by atoms with Gasteiger partial charge in [-0.3, -0.25) is 4.98 Å². The van der Waals surface area contributed by atoms with E-state index in [1.165, 1.54) is 12.1 Å². The minimum absolute atomic E-state index is 0.217. The number of fused-ring (bicyclic) bond motifs is 2. The van der Waals surface area contributed by atoms with E-state index in [2.05, 4.69) is 4.98 Å². The van der Waals surface area contributed by atoms with E-state index in [0.717, 1.165) is 23.4 Å². The first-order valence-corrected chi connectivity index (χ1v) is 7.16. The van der Waals surface area contributed by atoms with Crippen molar-refractivity contribution in [3.8, 4) is 0 Å². The van der Waals surface area contributed by atoms with Crippen molar-refractivity contribution in [3.63, 3.8) is 0 Å². The Kier molecular flexibility index (Phi) is 2.93. The number of benzene rings is 1. The predicted molar refractivity (Wildman–Crippen MR) is 73.3 cm³/mol. The third kappa shape index (κ3) is 1.98. The fraction of sp³-hybridized carbons (Fsp3) is 0.286. The Morgan fingerprint density at radius 3 is 3.00 bits per heavy atom. The number of nitrogens with zero attached hydrogens (tertiary/aromatic N) is 1. The summed E-state index contributed by atoms with van der Waals surface area (Å²) in [4.78, 5) is 16.1. The summed E-state index contributed by atoms with van der Waals surface area (Å²) in [6.45, 7) is 1.76. The van der Waals surface area contributed by atoms with Crippen LogP contribution < -0.4 is 0 Å². The smallest absolute Gasteiger partial charge is 0.336 e. The fourth-order valence-corrected chi connectivity index (χ4v) is 3.53. The highest BCUT2D eigenvalue weighted by molar-refractivity contribution is 7.98. The molecule has 0 spiro atoms. The molecule has 1 N–H and O–H groups in total. The molecule has 2 heterocycles. The van der Waals surface area contributed by atoms with Crippen LogP contribution in [-0.4, -0.2) is 21.8 Å². The van der Waals surface area contributed by atoms with Crippen molar-refractivity contribution >= 4 is 28.6 Å². The molecule has 0 unspecified atom stereocenters. The van der Waals surface area contributed by atoms with E-state index in [0.29, 0.717) is 22.2 Å². The molecule has 98 valence electrons. The molecule has 5 heteroatoms. The van der Waals surface area contributed by atoms with E-state index in [1.54, 1.807) is 18.7 Å². The van der Waals surface area contributed by atoms with Gasteiger partial charge in [0.05, 0.1) is 11.1 Å². The summed E-state index contributed by atoms with van der Waals surface area (Å²) in [5, 5.41) is 9.87. The van der Waals surface area contributed by atoms with Crippen molar-refractivity contribution in [1.29, 1.82) is 0 Å². The summed E-state index contributed by atoms with van der Waals surface area (Å²) >= 11 is 1.69. The van der Waals surface area contributed by atoms with Gasteiger partial charge in [-0.25, -0.2) is 9.18 Å². The molecule has 1 aliphatic heterocycles. The molecule has 3 rings (SSSR count). The van der Waals surface area contributed by atoms with Gasteiger partial charge in [0.2, 0.25) is 0 Å². The lowest BCUT2D eigenvalue weighted by Gasteiger charge is -2.19. The number of thioether (sulfide) groups is 1. The molecule has 0 saturated heterocycles. The first-order chi connectivity index (χ1) is 9.08. The maximum atomic E-state index is 13.5. The Morgan fingerprint density at radius 1 is 1.47 bits per heavy atom. The van der Waals surface area contributed by atoms with Gasteiger partial charge >= 0.3 is 5.97 Å². The van der Waals surface area contributed by atoms with Gasteiger partial charge in [0, 0.05) is 16.8 Å². The molecule has 0 aliphatic carbocycles. The van der Waals surface area contributed by atoms with Crippen LogP contribution in [-0.2, 0) is 12.2 Å². The van der Waals surface area contributed by atoms with E-state index >= 15 is 0 Å². The van der Waals surface area contributed by atoms with Crippen LogP contribution in [0.4, 0.5) is 4.39 Å². The number of aryl methyl sites for hydroxylation is 2. The number of hydrogen-bond donors (Lipinski definition) is 1. The monoisotopic (exact) mass is 277 g/mol. The number of aromatic carboxylic acids is 1. The van der Waals surface area contributed by atoms with Crippen LogP contribution in [0.25, 0.3) is 10.9 Å². The lowest BCUT2D eigenvalue weighted by molar-refractivity contribution is 0.0698. The number of carbonyl (C=O) groups is 1. The highest BCUT2D eigenvalue weighted by atomic mass is 32.2. The molecule has 1 aliphatic rings. The standard InChI is InChI=1S/C14H12FNO2S/c1-7-4-8(15)5-9-12(14(17)18)10-6-19-3-2-11(10)16-13(7)9/h4-5H,2-3,6H2,1H3,(H,17,18). The molecule has 19 heavy (non-hydrogen) atoms. The van der Waals surface area contributed by atoms with Crippen molar-refractivity contribution in [2.45, 2.75) is 19.1 Å². The van der Waals surface area contributed by atoms with Crippen LogP contribution in [0.2, 0.25) is 0 Å². The molecule has 0 radical (unpaired) electrons. The lowest BCUT2D eigenvalue weighted by atomic mass is 9.98. The van der Waals surface area contributed by atoms with Crippen LogP contribution in [0.1, 0.15) is 27.2 Å². The van der Waals surface area contributed by atoms with E-state index in [-0.39, 0.29) is 5.56 Å². The van der Waals surface area contributed by atoms with E-state index in [4.69, 9.17) is 0 Å². The second-order valence-electron chi connectivity index (χ2n) is 4.64. The second kappa shape index (κ2) is 4.49. The lowest BCUT2D eigenvalue weighted by Crippen LogP contribution is -2.13. The van der Waals surface area contributed by atoms with Crippen molar-refractivity contribution < 1.29 is 14.3 Å². The zero-order chi connectivity index (χ0) is 13.6. The largest absolute Gasteiger partial charge is 0.478 e. The Balaban J connectivity index is 2.46. The van der Waals surface area contributed by atoms with E-state index in [9.17, 15) is 14.3 Å². The maximum absolute atomic E-state index is 13.5. The molecule has 2 aromatic rings. The normalized spacial score (nSPS) is 14.4. The molecule has 0 bridgehead atoms. The van der Waals surface area contributed by atoms with Crippen molar-refractivity contribution in [2.24, 2.45) is 0 Å². The zero-order valence-corrected chi connectivity index (χ0v) is 11.2. The Morgan fingerprint density at radius 2 is 2.26 bits per heavy atom. The molecule has 0 amide bonds. The number of rotatable bonds is 1. The summed E-state index contributed by atoms with van der Waals surface area (Å²) in [6.07, 6.45) is 0.771. The Hall–Kier alpha value is -1.62. The molecule has 1 aromatic carbocycles. The van der Waals surface area contributed by atoms with Crippen molar-refractivity contribution in [1.82, 2.24) is 4.98 Å². The van der Waals surface area contributed by atoms with E-state index in [1.807, 2.05) is 0 Å². The minimum Gasteiger partial charge on any atom is -0.478 e. The van der Waals surface area contributed by atoms with Gasteiger partial charge in [-0.2, -0.15) is 11.8 Å². The predicted octanol–water partition coefficient (Wildman–Crippen LogP) is 3.17. The maximum Gasteiger partial charge on any atom is 0.336 e. The van der Waals surface area contributed by atoms with Crippen LogP contribution >= 0.6 is 11.8 Å². The van der Waals surface area contributed by atoms with Gasteiger partial charge in [-0.1, -0.05) is 0 Å². The number of halogens is 1. The van der Waals surface area contributed by atoms with Crippen LogP contribution in [0, 0.1) is 12.7 Å². The van der Waals surface area contributed by atoms with Gasteiger partial charge < -0.3 is 5.11 Å². The number of aromatic nitrogens is 1. The summed E-state index contributed by atoms with van der Waals surface area (Å²) in [5.74, 6) is 0.161. The van der Waals surface area contributed by atoms with Gasteiger partial charge in [-0.15, -0.1) is 0 Å². The molecular formula is C14H12FNO2S. The minimum atomic E-state index is -1.00. The van der Waals surface area contributed by atoms with Gasteiger partial charge in [0.15, 0.2) is 0 Å². The molecule has 3 nitrogen and oxygen atoms in total. The number of hydrogen-bond acceptors (Lipinski definition) is 3. The molecule has 0 fully saturated rings. The van der Waals surface area contributed by atoms with Crippen LogP contribution in [0.15, 0.2) is 12.1 Å². The van der Waals surface area contributed by atoms with Crippen molar-refractivity contribution in [3.05, 3.63) is 40.3 Å². The zero-order valence-electron chi connectivity index (χ0n) is 10.4. The fourth-order valence-electron chi connectivity index (χ4n) is 2.53. The first-order valence-electron chi connectivity index (χ1n) is 6.00. The highest BCUT2D eigenvalue weighted by Crippen LogP contribution is 2.32. The number of carboxylic acids is 1. The highest BCUT2D eigenvalue weighted by Gasteiger charge is 2.23. The third-order valence-corrected chi connectivity index (χ3v) is 4.36. The molecule has 1 aromatic heterocycles. The Bertz CT molecular complexity index is 700. The topological polar surface area (TPSA) is 50.2 Å². The van der Waals surface area contributed by atoms with Gasteiger partial charge in [0.25, 0.3) is 0 Å². The quantitative estimate of drug-likeness (QED) is 0.870. The average Bonchev–Trinajstić information content (AvgIpc) is 2.36. The van der Waals surface area contributed by atoms with Crippen LogP contribution in [0.5, 0.6) is 0 Å². The van der Waals surface area contributed by atoms with Gasteiger partial charge in [0.1, 0.15) is 5.82 Å². The summed E-state index contributed by atoms with van der Waals surface area (Å²) in [7, 11) is 0. The average molecular weight is 277 g/mol. The number of pyridine rings is 1. The van der Waals surface area contributed by atoms with Gasteiger partial charge in [-0.05, 0) is 42.4 Å². The number of carboxylic acid groups (broad SMARTS) is 1. The SMILES string of the molecule is Cc1cc(F)cc2c(C(=O)O)c3c(nc12)CCSC3. The van der Waals surface area contributed by atoms with Crippen molar-refractivity contribution in [2.75, 3.05) is 5.75 Å². The molecular weight excluding hydrogens is 265 g/mol. The summed E-state index contributed by atoms with van der Waals surface area (Å²) < 4.78 is 13.5. The second-order valence-corrected chi connectivity index (χ2v) is 5.74. The Labute approximate surface area is 113 Å². The van der Waals surface area contributed by atoms with Crippen LogP contribution in [0.3, 0.4) is 0 Å². The molecule has 0 saturated carbocycles. The molecule has 0 atom stereocenters. The first kappa shape index (κ1) is 12.4. The van der Waals surface area contributed by atoms with E-state index < -0.39 is 11.8 Å². The summed E-state index contributed by atoms with van der Waals surface area (Å²) in [5.41, 5.74) is 3.09. The third-order valence-electron chi connectivity index (χ3n) is 3.37. The summed E-state index contributed by atoms with van der Waals surface area (Å²) in [6, 6.07) is 2.67.